The first-order valence-electron chi connectivity index (χ1n) is 5.97. The number of hydrogen-bond acceptors (Lipinski definition) is 0. The lowest BCUT2D eigenvalue weighted by molar-refractivity contribution is 1.77. The predicted octanol–water partition coefficient (Wildman–Crippen LogP) is 3.95. The molecule has 0 aliphatic rings. The van der Waals surface area contributed by atoms with Gasteiger partial charge in [0.15, 0.2) is 0 Å². The predicted molar refractivity (Wildman–Crippen MR) is 78.6 cm³/mol. The molecule has 83 valence electrons. The van der Waals surface area contributed by atoms with Gasteiger partial charge in [0.05, 0.1) is 8.80 Å². The largest absolute Gasteiger partial charge is 0.0791 e. The van der Waals surface area contributed by atoms with Crippen molar-refractivity contribution in [2.75, 3.05) is 0 Å². The van der Waals surface area contributed by atoms with E-state index in [-0.39, 0.29) is 8.80 Å². The Kier molecular flexibility index (Phi) is 2.48. The van der Waals surface area contributed by atoms with E-state index in [0.717, 1.165) is 0 Å². The van der Waals surface area contributed by atoms with Gasteiger partial charge in [0.2, 0.25) is 0 Å². The van der Waals surface area contributed by atoms with E-state index in [1.165, 1.54) is 26.7 Å². The third kappa shape index (κ3) is 1.87. The van der Waals surface area contributed by atoms with Gasteiger partial charge >= 0.3 is 0 Å². The minimum absolute atomic E-state index is 0.355. The van der Waals surface area contributed by atoms with Crippen molar-refractivity contribution in [1.82, 2.24) is 0 Å². The monoisotopic (exact) mass is 235 g/mol. The first-order chi connectivity index (χ1) is 8.24. The van der Waals surface area contributed by atoms with E-state index in [1.807, 2.05) is 0 Å². The summed E-state index contributed by atoms with van der Waals surface area (Å²) < 4.78 is 0. The Morgan fingerprint density at radius 1 is 0.647 bits per heavy atom. The zero-order chi connectivity index (χ0) is 11.8. The topological polar surface area (TPSA) is 0 Å². The average Bonchev–Trinajstić information content (AvgIpc) is 2.35. The van der Waals surface area contributed by atoms with Crippen LogP contribution >= 0.6 is 0 Å². The Labute approximate surface area is 104 Å². The van der Waals surface area contributed by atoms with E-state index >= 15 is 0 Å². The van der Waals surface area contributed by atoms with Gasteiger partial charge in [0.1, 0.15) is 0 Å². The maximum absolute atomic E-state index is 2.36. The molecule has 0 fully saturated rings. The van der Waals surface area contributed by atoms with Crippen molar-refractivity contribution in [3.63, 3.8) is 0 Å². The Morgan fingerprint density at radius 2 is 1.24 bits per heavy atom. The SMILES string of the molecule is C[Si](C)c1ccc2cc3ccccc3cc2c1. The Morgan fingerprint density at radius 3 is 1.88 bits per heavy atom. The number of hydrogen-bond donors (Lipinski definition) is 0. The Balaban J connectivity index is 2.32. The van der Waals surface area contributed by atoms with Crippen molar-refractivity contribution >= 4 is 35.5 Å². The standard InChI is InChI=1S/C16H15Si/c1-17(2)16-8-7-14-9-12-5-3-4-6-13(12)10-15(14)11-16/h3-11H,1-2H3. The van der Waals surface area contributed by atoms with Crippen molar-refractivity contribution in [2.45, 2.75) is 13.1 Å². The van der Waals surface area contributed by atoms with Gasteiger partial charge in [0.25, 0.3) is 0 Å². The van der Waals surface area contributed by atoms with Crippen LogP contribution in [0.3, 0.4) is 0 Å². The van der Waals surface area contributed by atoms with Crippen LogP contribution in [0.2, 0.25) is 13.1 Å². The van der Waals surface area contributed by atoms with Crippen LogP contribution in [-0.4, -0.2) is 8.80 Å². The van der Waals surface area contributed by atoms with Crippen molar-refractivity contribution in [3.8, 4) is 0 Å². The van der Waals surface area contributed by atoms with Crippen LogP contribution in [0.4, 0.5) is 0 Å². The third-order valence-corrected chi connectivity index (χ3v) is 4.75. The molecular weight excluding hydrogens is 220 g/mol. The van der Waals surface area contributed by atoms with Crippen LogP contribution in [0.5, 0.6) is 0 Å². The summed E-state index contributed by atoms with van der Waals surface area (Å²) in [5.41, 5.74) is 0. The van der Waals surface area contributed by atoms with Crippen LogP contribution in [0.1, 0.15) is 0 Å². The first kappa shape index (κ1) is 10.5. The molecule has 0 N–H and O–H groups in total. The normalized spacial score (nSPS) is 11.5. The van der Waals surface area contributed by atoms with Crippen molar-refractivity contribution in [1.29, 1.82) is 0 Å². The molecule has 3 aromatic rings. The van der Waals surface area contributed by atoms with E-state index in [9.17, 15) is 0 Å². The van der Waals surface area contributed by atoms with E-state index in [1.54, 1.807) is 0 Å². The van der Waals surface area contributed by atoms with Gasteiger partial charge in [0, 0.05) is 0 Å². The van der Waals surface area contributed by atoms with Crippen LogP contribution in [-0.2, 0) is 0 Å². The van der Waals surface area contributed by atoms with Crippen molar-refractivity contribution < 1.29 is 0 Å². The smallest absolute Gasteiger partial charge is 0.0671 e. The minimum atomic E-state index is -0.355. The summed E-state index contributed by atoms with van der Waals surface area (Å²) in [4.78, 5) is 0. The summed E-state index contributed by atoms with van der Waals surface area (Å²) in [7, 11) is -0.355. The van der Waals surface area contributed by atoms with E-state index in [0.29, 0.717) is 0 Å². The second-order valence-electron chi connectivity index (χ2n) is 4.76. The molecule has 0 bridgehead atoms. The molecule has 17 heavy (non-hydrogen) atoms. The lowest BCUT2D eigenvalue weighted by Crippen LogP contribution is -2.21. The summed E-state index contributed by atoms with van der Waals surface area (Å²) in [5.74, 6) is 0. The molecule has 0 nitrogen and oxygen atoms in total. The molecule has 0 heterocycles. The molecule has 3 rings (SSSR count). The summed E-state index contributed by atoms with van der Waals surface area (Å²) >= 11 is 0. The highest BCUT2D eigenvalue weighted by atomic mass is 28.3. The number of fused-ring (bicyclic) bond motifs is 2. The third-order valence-electron chi connectivity index (χ3n) is 3.28. The van der Waals surface area contributed by atoms with E-state index < -0.39 is 0 Å². The molecular formula is C16H15Si. The van der Waals surface area contributed by atoms with Gasteiger partial charge in [-0.05, 0) is 33.7 Å². The molecule has 0 aliphatic carbocycles. The fourth-order valence-corrected chi connectivity index (χ4v) is 3.11. The highest BCUT2D eigenvalue weighted by Crippen LogP contribution is 2.21. The van der Waals surface area contributed by atoms with Crippen LogP contribution in [0, 0.1) is 0 Å². The summed E-state index contributed by atoms with van der Waals surface area (Å²) in [6, 6.07) is 20.1. The number of rotatable bonds is 1. The summed E-state index contributed by atoms with van der Waals surface area (Å²) in [6.45, 7) is 4.68. The van der Waals surface area contributed by atoms with Crippen LogP contribution < -0.4 is 5.19 Å². The number of benzene rings is 3. The molecule has 0 spiro atoms. The second-order valence-corrected chi connectivity index (χ2v) is 7.34. The van der Waals surface area contributed by atoms with Gasteiger partial charge in [-0.1, -0.05) is 60.7 Å². The molecule has 0 amide bonds. The lowest BCUT2D eigenvalue weighted by Gasteiger charge is -2.07. The molecule has 0 aromatic heterocycles. The zero-order valence-electron chi connectivity index (χ0n) is 10.2. The fourth-order valence-electron chi connectivity index (χ4n) is 2.25. The highest BCUT2D eigenvalue weighted by molar-refractivity contribution is 6.70. The molecule has 0 saturated carbocycles. The molecule has 3 aromatic carbocycles. The van der Waals surface area contributed by atoms with Crippen molar-refractivity contribution in [3.05, 3.63) is 54.6 Å². The van der Waals surface area contributed by atoms with Crippen LogP contribution in [0.25, 0.3) is 21.5 Å². The molecule has 0 aliphatic heterocycles. The van der Waals surface area contributed by atoms with E-state index in [2.05, 4.69) is 67.7 Å². The Bertz CT molecular complexity index is 683. The van der Waals surface area contributed by atoms with Gasteiger partial charge in [-0.15, -0.1) is 0 Å². The molecule has 0 saturated heterocycles. The quantitative estimate of drug-likeness (QED) is 0.442. The van der Waals surface area contributed by atoms with Crippen LogP contribution in [0.15, 0.2) is 54.6 Å². The first-order valence-corrected chi connectivity index (χ1v) is 8.47. The van der Waals surface area contributed by atoms with Gasteiger partial charge in [-0.3, -0.25) is 0 Å². The molecule has 0 unspecified atom stereocenters. The molecule has 1 heteroatoms. The van der Waals surface area contributed by atoms with Gasteiger partial charge in [-0.25, -0.2) is 0 Å². The zero-order valence-corrected chi connectivity index (χ0v) is 11.2. The fraction of sp³-hybridized carbons (Fsp3) is 0.125. The van der Waals surface area contributed by atoms with E-state index in [4.69, 9.17) is 0 Å². The van der Waals surface area contributed by atoms with Gasteiger partial charge < -0.3 is 0 Å². The molecule has 1 radical (unpaired) electrons. The maximum atomic E-state index is 2.36. The lowest BCUT2D eigenvalue weighted by atomic mass is 10.0. The average molecular weight is 235 g/mol. The Hall–Kier alpha value is -1.60. The minimum Gasteiger partial charge on any atom is -0.0671 e. The van der Waals surface area contributed by atoms with Crippen molar-refractivity contribution in [2.24, 2.45) is 0 Å². The summed E-state index contributed by atoms with van der Waals surface area (Å²) in [6.07, 6.45) is 0. The van der Waals surface area contributed by atoms with Gasteiger partial charge in [-0.2, -0.15) is 0 Å². The molecule has 0 atom stereocenters. The second kappa shape index (κ2) is 4.01. The maximum Gasteiger partial charge on any atom is 0.0791 e. The highest BCUT2D eigenvalue weighted by Gasteiger charge is 2.03. The summed E-state index contributed by atoms with van der Waals surface area (Å²) in [5, 5.41) is 6.88.